The van der Waals surface area contributed by atoms with Gasteiger partial charge in [0.2, 0.25) is 10.0 Å². The van der Waals surface area contributed by atoms with Crippen LogP contribution in [-0.4, -0.2) is 42.7 Å². The highest BCUT2D eigenvalue weighted by Crippen LogP contribution is 2.22. The zero-order valence-corrected chi connectivity index (χ0v) is 18.1. The molecule has 3 aromatic rings. The Bertz CT molecular complexity index is 1320. The zero-order chi connectivity index (χ0) is 23.4. The van der Waals surface area contributed by atoms with Gasteiger partial charge < -0.3 is 10.1 Å². The largest absolute Gasteiger partial charge is 0.452 e. The molecule has 2 aromatic carbocycles. The normalized spacial score (nSPS) is 13.2. The van der Waals surface area contributed by atoms with E-state index in [1.165, 1.54) is 35.1 Å². The Hall–Kier alpha value is -4.01. The van der Waals surface area contributed by atoms with Crippen molar-refractivity contribution in [2.24, 2.45) is 0 Å². The van der Waals surface area contributed by atoms with Crippen molar-refractivity contribution in [2.75, 3.05) is 11.9 Å². The van der Waals surface area contributed by atoms with Crippen molar-refractivity contribution >= 4 is 27.7 Å². The molecule has 10 nitrogen and oxygen atoms in total. The molecule has 1 amide bonds. The molecule has 0 unspecified atom stereocenters. The molecular weight excluding hydrogens is 446 g/mol. The van der Waals surface area contributed by atoms with Gasteiger partial charge in [0.1, 0.15) is 11.6 Å². The summed E-state index contributed by atoms with van der Waals surface area (Å²) in [4.78, 5) is 24.7. The monoisotopic (exact) mass is 465 g/mol. The number of anilines is 1. The Labute approximate surface area is 189 Å². The molecular formula is C22H19N5O5S. The van der Waals surface area contributed by atoms with Crippen molar-refractivity contribution < 1.29 is 22.7 Å². The van der Waals surface area contributed by atoms with E-state index >= 15 is 0 Å². The first-order valence-corrected chi connectivity index (χ1v) is 11.5. The Morgan fingerprint density at radius 1 is 1.12 bits per heavy atom. The standard InChI is InChI=1S/C22H19N5O5S/c23-12-16-13-24-27(18-4-2-1-3-5-18)21(16)25-20(28)14-32-22(29)15-6-10-19(11-7-15)33(30,31)26-17-8-9-17/h1-7,10-11,13,17,26H,8-9,14H2,(H,25,28). The molecule has 0 bridgehead atoms. The van der Waals surface area contributed by atoms with Crippen LogP contribution in [-0.2, 0) is 19.6 Å². The summed E-state index contributed by atoms with van der Waals surface area (Å²) in [5, 5.41) is 16.0. The van der Waals surface area contributed by atoms with Crippen molar-refractivity contribution in [3.05, 3.63) is 71.9 Å². The van der Waals surface area contributed by atoms with Gasteiger partial charge in [-0.15, -0.1) is 0 Å². The Morgan fingerprint density at radius 3 is 2.45 bits per heavy atom. The van der Waals surface area contributed by atoms with E-state index in [0.717, 1.165) is 12.8 Å². The van der Waals surface area contributed by atoms with E-state index in [1.807, 2.05) is 12.1 Å². The number of aromatic nitrogens is 2. The van der Waals surface area contributed by atoms with Gasteiger partial charge in [0.05, 0.1) is 22.3 Å². The molecule has 0 radical (unpaired) electrons. The second-order valence-corrected chi connectivity index (χ2v) is 9.02. The summed E-state index contributed by atoms with van der Waals surface area (Å²) in [6.45, 7) is -0.604. The first kappa shape index (κ1) is 22.2. The van der Waals surface area contributed by atoms with Crippen LogP contribution < -0.4 is 10.0 Å². The van der Waals surface area contributed by atoms with Gasteiger partial charge in [0.15, 0.2) is 12.4 Å². The van der Waals surface area contributed by atoms with Gasteiger partial charge in [-0.05, 0) is 49.2 Å². The molecule has 0 atom stereocenters. The molecule has 1 aliphatic carbocycles. The number of rotatable bonds is 8. The third kappa shape index (κ3) is 5.25. The summed E-state index contributed by atoms with van der Waals surface area (Å²) in [5.74, 6) is -1.30. The summed E-state index contributed by atoms with van der Waals surface area (Å²) >= 11 is 0. The van der Waals surface area contributed by atoms with E-state index < -0.39 is 28.5 Å². The van der Waals surface area contributed by atoms with E-state index in [4.69, 9.17) is 4.74 Å². The number of nitriles is 1. The van der Waals surface area contributed by atoms with Crippen molar-refractivity contribution in [3.63, 3.8) is 0 Å². The Kier molecular flexibility index (Phi) is 6.21. The maximum atomic E-state index is 12.4. The van der Waals surface area contributed by atoms with Crippen LogP contribution in [0.1, 0.15) is 28.8 Å². The second-order valence-electron chi connectivity index (χ2n) is 7.31. The van der Waals surface area contributed by atoms with Gasteiger partial charge in [0, 0.05) is 6.04 Å². The van der Waals surface area contributed by atoms with Gasteiger partial charge in [-0.3, -0.25) is 4.79 Å². The smallest absolute Gasteiger partial charge is 0.338 e. The van der Waals surface area contributed by atoms with Crippen LogP contribution in [0.5, 0.6) is 0 Å². The molecule has 0 saturated heterocycles. The van der Waals surface area contributed by atoms with Crippen LogP contribution in [0.25, 0.3) is 5.69 Å². The number of nitrogens with zero attached hydrogens (tertiary/aromatic N) is 3. The van der Waals surface area contributed by atoms with Gasteiger partial charge in [-0.25, -0.2) is 22.6 Å². The molecule has 0 spiro atoms. The number of sulfonamides is 1. The summed E-state index contributed by atoms with van der Waals surface area (Å²) in [6, 6.07) is 16.1. The maximum Gasteiger partial charge on any atom is 0.338 e. The predicted octanol–water partition coefficient (Wildman–Crippen LogP) is 1.98. The van der Waals surface area contributed by atoms with E-state index in [1.54, 1.807) is 24.3 Å². The second kappa shape index (κ2) is 9.23. The number of hydrogen-bond donors (Lipinski definition) is 2. The number of nitrogens with one attached hydrogen (secondary N) is 2. The average molecular weight is 465 g/mol. The Morgan fingerprint density at radius 2 is 1.82 bits per heavy atom. The van der Waals surface area contributed by atoms with Gasteiger partial charge in [0.25, 0.3) is 5.91 Å². The van der Waals surface area contributed by atoms with Gasteiger partial charge in [-0.2, -0.15) is 10.4 Å². The molecule has 4 rings (SSSR count). The molecule has 1 fully saturated rings. The number of para-hydroxylation sites is 1. The molecule has 1 heterocycles. The van der Waals surface area contributed by atoms with Gasteiger partial charge in [-0.1, -0.05) is 18.2 Å². The van der Waals surface area contributed by atoms with Crippen LogP contribution in [0.2, 0.25) is 0 Å². The van der Waals surface area contributed by atoms with Crippen LogP contribution in [0, 0.1) is 11.3 Å². The number of amides is 1. The summed E-state index contributed by atoms with van der Waals surface area (Å²) in [6.07, 6.45) is 2.95. The Balaban J connectivity index is 1.38. The minimum Gasteiger partial charge on any atom is -0.452 e. The zero-order valence-electron chi connectivity index (χ0n) is 17.3. The SMILES string of the molecule is N#Cc1cnn(-c2ccccc2)c1NC(=O)COC(=O)c1ccc(S(=O)(=O)NC2CC2)cc1. The molecule has 1 saturated carbocycles. The van der Waals surface area contributed by atoms with E-state index in [2.05, 4.69) is 15.1 Å². The van der Waals surface area contributed by atoms with Crippen LogP contribution in [0.15, 0.2) is 65.7 Å². The lowest BCUT2D eigenvalue weighted by atomic mass is 10.2. The number of carbonyl (C=O) groups excluding carboxylic acids is 2. The lowest BCUT2D eigenvalue weighted by Crippen LogP contribution is -2.25. The highest BCUT2D eigenvalue weighted by Gasteiger charge is 2.28. The van der Waals surface area contributed by atoms with E-state index in [9.17, 15) is 23.3 Å². The number of hydrogen-bond acceptors (Lipinski definition) is 7. The number of benzene rings is 2. The minimum atomic E-state index is -3.63. The molecule has 168 valence electrons. The molecule has 11 heteroatoms. The quantitative estimate of drug-likeness (QED) is 0.484. The van der Waals surface area contributed by atoms with Crippen molar-refractivity contribution in [1.29, 1.82) is 5.26 Å². The van der Waals surface area contributed by atoms with Crippen molar-refractivity contribution in [1.82, 2.24) is 14.5 Å². The lowest BCUT2D eigenvalue weighted by molar-refractivity contribution is -0.119. The van der Waals surface area contributed by atoms with Crippen molar-refractivity contribution in [2.45, 2.75) is 23.8 Å². The summed E-state index contributed by atoms with van der Waals surface area (Å²) in [7, 11) is -3.63. The number of carbonyl (C=O) groups is 2. The fourth-order valence-electron chi connectivity index (χ4n) is 2.96. The third-order valence-corrected chi connectivity index (χ3v) is 6.32. The molecule has 2 N–H and O–H groups in total. The molecule has 1 aliphatic rings. The fraction of sp³-hybridized carbons (Fsp3) is 0.182. The number of ether oxygens (including phenoxy) is 1. The van der Waals surface area contributed by atoms with E-state index in [0.29, 0.717) is 5.69 Å². The summed E-state index contributed by atoms with van der Waals surface area (Å²) < 4.78 is 33.4. The maximum absolute atomic E-state index is 12.4. The van der Waals surface area contributed by atoms with Crippen molar-refractivity contribution in [3.8, 4) is 11.8 Å². The molecule has 1 aromatic heterocycles. The average Bonchev–Trinajstić information content (AvgIpc) is 3.54. The fourth-order valence-corrected chi connectivity index (χ4v) is 4.26. The first-order valence-electron chi connectivity index (χ1n) is 10.0. The predicted molar refractivity (Wildman–Crippen MR) is 117 cm³/mol. The summed E-state index contributed by atoms with van der Waals surface area (Å²) in [5.41, 5.74) is 0.882. The first-order chi connectivity index (χ1) is 15.9. The molecule has 0 aliphatic heterocycles. The topological polar surface area (TPSA) is 143 Å². The highest BCUT2D eigenvalue weighted by atomic mass is 32.2. The molecule has 33 heavy (non-hydrogen) atoms. The van der Waals surface area contributed by atoms with E-state index in [-0.39, 0.29) is 27.9 Å². The lowest BCUT2D eigenvalue weighted by Gasteiger charge is -2.10. The van der Waals surface area contributed by atoms with Crippen LogP contribution in [0.4, 0.5) is 5.82 Å². The highest BCUT2D eigenvalue weighted by molar-refractivity contribution is 7.89. The van der Waals surface area contributed by atoms with Crippen LogP contribution >= 0.6 is 0 Å². The minimum absolute atomic E-state index is 0.0297. The van der Waals surface area contributed by atoms with Gasteiger partial charge >= 0.3 is 5.97 Å². The third-order valence-electron chi connectivity index (χ3n) is 4.78. The van der Waals surface area contributed by atoms with Crippen LogP contribution in [0.3, 0.4) is 0 Å². The number of esters is 1.